The summed E-state index contributed by atoms with van der Waals surface area (Å²) in [5, 5.41) is 1.03. The third-order valence-electron chi connectivity index (χ3n) is 12.5. The number of carbonyl (C=O) groups is 1. The lowest BCUT2D eigenvalue weighted by Gasteiger charge is -2.48. The molecule has 7 rings (SSSR count). The second-order valence-corrected chi connectivity index (χ2v) is 19.7. The van der Waals surface area contributed by atoms with Crippen LogP contribution in [0.15, 0.2) is 48.6 Å². The fourth-order valence-corrected chi connectivity index (χ4v) is 11.8. The third kappa shape index (κ3) is 8.48. The molecule has 0 spiro atoms. The fraction of sp³-hybridized carbons (Fsp3) is 0.610. The Morgan fingerprint density at radius 3 is 2.73 bits per heavy atom. The van der Waals surface area contributed by atoms with Crippen LogP contribution >= 0.6 is 22.3 Å². The number of hydrogen-bond donors (Lipinski definition) is 1. The molecule has 0 radical (unpaired) electrons. The molecule has 10 heteroatoms. The molecule has 5 aliphatic rings. The van der Waals surface area contributed by atoms with E-state index < -0.39 is 21.5 Å². The molecule has 4 heterocycles. The maximum absolute atomic E-state index is 13.7. The van der Waals surface area contributed by atoms with Crippen LogP contribution in [0.1, 0.15) is 73.9 Å². The van der Waals surface area contributed by atoms with Gasteiger partial charge in [-0.1, -0.05) is 73.6 Å². The first-order chi connectivity index (χ1) is 24.7. The van der Waals surface area contributed by atoms with Crippen LogP contribution in [0.4, 0.5) is 5.69 Å². The third-order valence-corrected chi connectivity index (χ3v) is 15.9. The molecular formula is C41H57ClN4O3S2. The summed E-state index contributed by atoms with van der Waals surface area (Å²) in [7, 11) is -1.21. The number of amides is 1. The predicted molar refractivity (Wildman–Crippen MR) is 216 cm³/mol. The first kappa shape index (κ1) is 37.2. The molecular weight excluding hydrogens is 696 g/mol. The van der Waals surface area contributed by atoms with Crippen molar-refractivity contribution in [3.05, 3.63) is 70.3 Å². The van der Waals surface area contributed by atoms with Gasteiger partial charge < -0.3 is 14.4 Å². The van der Waals surface area contributed by atoms with Crippen LogP contribution in [-0.2, 0) is 17.2 Å². The van der Waals surface area contributed by atoms with Crippen molar-refractivity contribution >= 4 is 50.5 Å². The van der Waals surface area contributed by atoms with Crippen molar-refractivity contribution < 1.29 is 13.7 Å². The van der Waals surface area contributed by atoms with Gasteiger partial charge in [0, 0.05) is 95.9 Å². The summed E-state index contributed by atoms with van der Waals surface area (Å²) in [5.74, 6) is 9.03. The van der Waals surface area contributed by atoms with Gasteiger partial charge in [-0.2, -0.15) is 0 Å². The number of nitrogens with zero attached hydrogens (tertiary/aromatic N) is 3. The summed E-state index contributed by atoms with van der Waals surface area (Å²) >= 11 is 6.51. The first-order valence-corrected chi connectivity index (χ1v) is 22.6. The molecule has 278 valence electrons. The molecule has 9 unspecified atom stereocenters. The minimum Gasteiger partial charge on any atom is -0.491 e. The standard InChI is InChI=1S/C41H57ClN4O3S2/c1-5-7-30-20-35(42)12-14-37(30)34-24-46-23-33-10-13-38(33)32(22-44-16-17-45-18-19-51(48)27-36(45)25-44)9-6-8-28(2)29(3)50(4)43-41(47)31-11-15-40(49-26-34)39(46)21-31/h6,9,11-12,14-15,20-21,28-29,32-34,36,38H,4-5,7-8,10,13,16-19,22-27H2,1-3H3,(H,43,47)/b9-6+. The molecule has 1 aliphatic carbocycles. The van der Waals surface area contributed by atoms with Crippen LogP contribution < -0.4 is 14.4 Å². The van der Waals surface area contributed by atoms with E-state index >= 15 is 0 Å². The van der Waals surface area contributed by atoms with E-state index in [2.05, 4.69) is 76.4 Å². The Kier molecular flexibility index (Phi) is 12.0. The lowest BCUT2D eigenvalue weighted by atomic mass is 9.66. The molecule has 0 aromatic heterocycles. The number of fused-ring (bicyclic) bond motifs is 3. The van der Waals surface area contributed by atoms with E-state index in [1.54, 1.807) is 0 Å². The summed E-state index contributed by atoms with van der Waals surface area (Å²) in [6.45, 7) is 14.3. The number of allylic oxidation sites excluding steroid dienone is 1. The van der Waals surface area contributed by atoms with Gasteiger partial charge in [-0.3, -0.25) is 18.8 Å². The van der Waals surface area contributed by atoms with Crippen molar-refractivity contribution in [2.24, 2.45) is 23.7 Å². The highest BCUT2D eigenvalue weighted by Crippen LogP contribution is 2.45. The Balaban J connectivity index is 1.20. The molecule has 3 fully saturated rings. The van der Waals surface area contributed by atoms with Gasteiger partial charge in [-0.25, -0.2) is 0 Å². The lowest BCUT2D eigenvalue weighted by Crippen LogP contribution is -2.59. The van der Waals surface area contributed by atoms with Crippen LogP contribution in [0, 0.1) is 23.7 Å². The largest absolute Gasteiger partial charge is 0.491 e. The summed E-state index contributed by atoms with van der Waals surface area (Å²) in [6.07, 6.45) is 10.4. The number of carbonyl (C=O) groups excluding carboxylic acids is 1. The lowest BCUT2D eigenvalue weighted by molar-refractivity contribution is 0.0518. The van der Waals surface area contributed by atoms with Crippen LogP contribution in [0.25, 0.3) is 0 Å². The molecule has 7 nitrogen and oxygen atoms in total. The van der Waals surface area contributed by atoms with E-state index in [4.69, 9.17) is 16.3 Å². The normalized spacial score (nSPS) is 34.2. The summed E-state index contributed by atoms with van der Waals surface area (Å²) in [6, 6.07) is 12.8. The van der Waals surface area contributed by atoms with Crippen LogP contribution in [0.2, 0.25) is 5.02 Å². The van der Waals surface area contributed by atoms with Gasteiger partial charge in [-0.05, 0) is 90.8 Å². The van der Waals surface area contributed by atoms with Crippen molar-refractivity contribution in [3.63, 3.8) is 0 Å². The SMILES string of the molecule is C=S1NC(=O)c2ccc3c(c2)N(CC(c2ccc(Cl)cc2CCC)CO3)CC2CCC2C(CN2CCN3CCS(=O)CC3C2)/C=C/CC(C)C1C. The van der Waals surface area contributed by atoms with Crippen molar-refractivity contribution in [1.82, 2.24) is 14.5 Å². The highest BCUT2D eigenvalue weighted by Gasteiger charge is 2.40. The Bertz CT molecular complexity index is 1650. The summed E-state index contributed by atoms with van der Waals surface area (Å²) in [4.78, 5) is 21.5. The van der Waals surface area contributed by atoms with Crippen molar-refractivity contribution in [1.29, 1.82) is 0 Å². The first-order valence-electron chi connectivity index (χ1n) is 19.3. The monoisotopic (exact) mass is 752 g/mol. The minimum absolute atomic E-state index is 0.0648. The number of aryl methyl sites for hydroxylation is 1. The van der Waals surface area contributed by atoms with Crippen LogP contribution in [-0.4, -0.2) is 101 Å². The zero-order valence-electron chi connectivity index (χ0n) is 30.7. The van der Waals surface area contributed by atoms with E-state index in [1.165, 1.54) is 24.0 Å². The molecule has 1 amide bonds. The topological polar surface area (TPSA) is 65.1 Å². The number of benzene rings is 2. The molecule has 51 heavy (non-hydrogen) atoms. The van der Waals surface area contributed by atoms with Gasteiger partial charge in [0.2, 0.25) is 0 Å². The van der Waals surface area contributed by atoms with E-state index in [-0.39, 0.29) is 17.1 Å². The average molecular weight is 754 g/mol. The zero-order chi connectivity index (χ0) is 35.6. The Morgan fingerprint density at radius 1 is 1.06 bits per heavy atom. The van der Waals surface area contributed by atoms with Crippen molar-refractivity contribution in [2.75, 3.05) is 68.8 Å². The number of anilines is 1. The number of halogens is 1. The quantitative estimate of drug-likeness (QED) is 0.263. The highest BCUT2D eigenvalue weighted by atomic mass is 35.5. The molecule has 2 aromatic carbocycles. The molecule has 1 N–H and O–H groups in total. The molecule has 1 saturated carbocycles. The maximum atomic E-state index is 13.7. The Morgan fingerprint density at radius 2 is 1.92 bits per heavy atom. The number of piperazine rings is 1. The summed E-state index contributed by atoms with van der Waals surface area (Å²) < 4.78 is 22.4. The Labute approximate surface area is 316 Å². The summed E-state index contributed by atoms with van der Waals surface area (Å²) in [5.41, 5.74) is 4.31. The molecule has 2 aromatic rings. The van der Waals surface area contributed by atoms with Crippen LogP contribution in [0.5, 0.6) is 5.75 Å². The average Bonchev–Trinajstić information content (AvgIpc) is 3.28. The molecule has 2 saturated heterocycles. The van der Waals surface area contributed by atoms with Gasteiger partial charge in [0.05, 0.1) is 12.3 Å². The Hall–Kier alpha value is -2.17. The second kappa shape index (κ2) is 16.5. The zero-order valence-corrected chi connectivity index (χ0v) is 33.1. The number of nitrogens with one attached hydrogen (secondary N) is 1. The number of ether oxygens (including phenoxy) is 1. The van der Waals surface area contributed by atoms with Gasteiger partial charge in [0.15, 0.2) is 0 Å². The number of rotatable bonds is 5. The van der Waals surface area contributed by atoms with Gasteiger partial charge in [-0.15, -0.1) is 0 Å². The van der Waals surface area contributed by atoms with E-state index in [9.17, 15) is 9.00 Å². The molecule has 9 atom stereocenters. The number of hydrogen-bond acceptors (Lipinski definition) is 6. The van der Waals surface area contributed by atoms with E-state index in [0.717, 1.165) is 93.0 Å². The van der Waals surface area contributed by atoms with Crippen LogP contribution in [0.3, 0.4) is 0 Å². The predicted octanol–water partition coefficient (Wildman–Crippen LogP) is 7.00. The van der Waals surface area contributed by atoms with E-state index in [0.29, 0.717) is 41.9 Å². The van der Waals surface area contributed by atoms with E-state index in [1.807, 2.05) is 18.2 Å². The smallest absolute Gasteiger partial charge is 0.260 e. The van der Waals surface area contributed by atoms with Gasteiger partial charge in [0.1, 0.15) is 5.75 Å². The van der Waals surface area contributed by atoms with Crippen molar-refractivity contribution in [2.45, 2.75) is 70.1 Å². The minimum atomic E-state index is -0.689. The van der Waals surface area contributed by atoms with Gasteiger partial charge >= 0.3 is 0 Å². The van der Waals surface area contributed by atoms with Gasteiger partial charge in [0.25, 0.3) is 5.91 Å². The van der Waals surface area contributed by atoms with Crippen molar-refractivity contribution in [3.8, 4) is 5.75 Å². The highest BCUT2D eigenvalue weighted by molar-refractivity contribution is 8.13. The molecule has 4 aliphatic heterocycles. The fourth-order valence-electron chi connectivity index (χ4n) is 9.06. The second-order valence-electron chi connectivity index (χ2n) is 15.8. The molecule has 2 bridgehead atoms. The maximum Gasteiger partial charge on any atom is 0.260 e.